The van der Waals surface area contributed by atoms with E-state index in [-0.39, 0.29) is 0 Å². The van der Waals surface area contributed by atoms with Crippen LogP contribution in [0.3, 0.4) is 0 Å². The van der Waals surface area contributed by atoms with E-state index in [1.165, 1.54) is 0 Å². The molecule has 1 aromatic carbocycles. The molecule has 0 aliphatic carbocycles. The SMILES string of the molecule is C#C[C@@H](C/C(=C/C)c1ccccc1/C(C)=C\C)C(=O)O. The fourth-order valence-corrected chi connectivity index (χ4v) is 2.08. The van der Waals surface area contributed by atoms with Gasteiger partial charge in [-0.2, -0.15) is 0 Å². The molecular formula is C18H20O2. The Bertz CT molecular complexity index is 586. The molecular weight excluding hydrogens is 248 g/mol. The van der Waals surface area contributed by atoms with Gasteiger partial charge in [-0.1, -0.05) is 42.3 Å². The lowest BCUT2D eigenvalue weighted by Gasteiger charge is -2.15. The van der Waals surface area contributed by atoms with Crippen LogP contribution in [0.4, 0.5) is 0 Å². The van der Waals surface area contributed by atoms with Crippen molar-refractivity contribution < 1.29 is 9.90 Å². The number of hydrogen-bond donors (Lipinski definition) is 1. The van der Waals surface area contributed by atoms with Gasteiger partial charge < -0.3 is 5.11 Å². The molecule has 0 aliphatic rings. The Morgan fingerprint density at radius 3 is 2.35 bits per heavy atom. The van der Waals surface area contributed by atoms with E-state index in [0.717, 1.165) is 22.3 Å². The van der Waals surface area contributed by atoms with Crippen molar-refractivity contribution in [2.75, 3.05) is 0 Å². The topological polar surface area (TPSA) is 37.3 Å². The van der Waals surface area contributed by atoms with Gasteiger partial charge in [-0.15, -0.1) is 6.42 Å². The molecule has 1 rings (SSSR count). The molecule has 104 valence electrons. The van der Waals surface area contributed by atoms with E-state index >= 15 is 0 Å². The lowest BCUT2D eigenvalue weighted by Crippen LogP contribution is -2.12. The van der Waals surface area contributed by atoms with E-state index in [9.17, 15) is 4.79 Å². The summed E-state index contributed by atoms with van der Waals surface area (Å²) in [4.78, 5) is 11.1. The summed E-state index contributed by atoms with van der Waals surface area (Å²) < 4.78 is 0. The molecule has 20 heavy (non-hydrogen) atoms. The van der Waals surface area contributed by atoms with Crippen LogP contribution in [-0.2, 0) is 4.79 Å². The number of carboxylic acids is 1. The summed E-state index contributed by atoms with van der Waals surface area (Å²) in [5.74, 6) is 0.600. The first-order chi connectivity index (χ1) is 9.54. The van der Waals surface area contributed by atoms with Crippen molar-refractivity contribution in [2.24, 2.45) is 5.92 Å². The average molecular weight is 268 g/mol. The summed E-state index contributed by atoms with van der Waals surface area (Å²) in [6.07, 6.45) is 9.64. The summed E-state index contributed by atoms with van der Waals surface area (Å²) in [6.45, 7) is 5.94. The van der Waals surface area contributed by atoms with E-state index in [2.05, 4.69) is 5.92 Å². The third-order valence-corrected chi connectivity index (χ3v) is 3.40. The summed E-state index contributed by atoms with van der Waals surface area (Å²) in [5, 5.41) is 9.11. The molecule has 0 saturated carbocycles. The number of terminal acetylenes is 1. The summed E-state index contributed by atoms with van der Waals surface area (Å²) in [5.41, 5.74) is 4.29. The molecule has 0 fully saturated rings. The number of hydrogen-bond acceptors (Lipinski definition) is 1. The van der Waals surface area contributed by atoms with Gasteiger partial charge in [0.25, 0.3) is 0 Å². The molecule has 0 spiro atoms. The molecule has 0 unspecified atom stereocenters. The molecule has 2 heteroatoms. The highest BCUT2D eigenvalue weighted by Crippen LogP contribution is 2.29. The lowest BCUT2D eigenvalue weighted by atomic mass is 9.89. The first-order valence-electron chi connectivity index (χ1n) is 6.61. The zero-order chi connectivity index (χ0) is 15.1. The van der Waals surface area contributed by atoms with Gasteiger partial charge in [-0.25, -0.2) is 0 Å². The van der Waals surface area contributed by atoms with Crippen LogP contribution in [0.5, 0.6) is 0 Å². The van der Waals surface area contributed by atoms with Crippen molar-refractivity contribution in [3.63, 3.8) is 0 Å². The minimum atomic E-state index is -0.952. The van der Waals surface area contributed by atoms with Crippen LogP contribution in [0.25, 0.3) is 11.1 Å². The van der Waals surface area contributed by atoms with Crippen molar-refractivity contribution in [2.45, 2.75) is 27.2 Å². The second kappa shape index (κ2) is 7.35. The maximum atomic E-state index is 11.1. The second-order valence-corrected chi connectivity index (χ2v) is 4.59. The Hall–Kier alpha value is -2.27. The molecule has 0 saturated heterocycles. The van der Waals surface area contributed by atoms with Gasteiger partial charge in [-0.05, 0) is 49.5 Å². The number of carboxylic acid groups (broad SMARTS) is 1. The van der Waals surface area contributed by atoms with Crippen LogP contribution in [0.1, 0.15) is 38.3 Å². The monoisotopic (exact) mass is 268 g/mol. The van der Waals surface area contributed by atoms with Crippen LogP contribution in [-0.4, -0.2) is 11.1 Å². The third kappa shape index (κ3) is 3.61. The van der Waals surface area contributed by atoms with Gasteiger partial charge in [0.1, 0.15) is 5.92 Å². The number of allylic oxidation sites excluding steroid dienone is 4. The van der Waals surface area contributed by atoms with Crippen LogP contribution in [0, 0.1) is 18.3 Å². The fourth-order valence-electron chi connectivity index (χ4n) is 2.08. The molecule has 1 atom stereocenters. The summed E-state index contributed by atoms with van der Waals surface area (Å²) >= 11 is 0. The van der Waals surface area contributed by atoms with E-state index in [1.807, 2.05) is 57.2 Å². The maximum Gasteiger partial charge on any atom is 0.319 e. The Kier molecular flexibility index (Phi) is 5.80. The Labute approximate surface area is 120 Å². The van der Waals surface area contributed by atoms with Gasteiger partial charge in [-0.3, -0.25) is 4.79 Å². The summed E-state index contributed by atoms with van der Waals surface area (Å²) in [7, 11) is 0. The van der Waals surface area contributed by atoms with Crippen molar-refractivity contribution in [3.05, 3.63) is 47.5 Å². The number of carbonyl (C=O) groups is 1. The van der Waals surface area contributed by atoms with Gasteiger partial charge in [0.05, 0.1) is 0 Å². The third-order valence-electron chi connectivity index (χ3n) is 3.40. The van der Waals surface area contributed by atoms with Crippen molar-refractivity contribution >= 4 is 17.1 Å². The zero-order valence-electron chi connectivity index (χ0n) is 12.2. The molecule has 0 aliphatic heterocycles. The first-order valence-corrected chi connectivity index (χ1v) is 6.61. The maximum absolute atomic E-state index is 11.1. The predicted octanol–water partition coefficient (Wildman–Crippen LogP) is 4.24. The van der Waals surface area contributed by atoms with Gasteiger partial charge in [0, 0.05) is 0 Å². The standard InChI is InChI=1S/C18H20O2/c1-5-13(4)16-10-8-9-11-17(16)14(6-2)12-15(7-3)18(19)20/h3,5-6,8-11,15H,12H2,1-2,4H3,(H,19,20)/b13-5-,14-6-/t15-/m0/s1. The average Bonchev–Trinajstić information content (AvgIpc) is 2.47. The number of rotatable bonds is 5. The van der Waals surface area contributed by atoms with Gasteiger partial charge in [0.15, 0.2) is 0 Å². The van der Waals surface area contributed by atoms with Crippen molar-refractivity contribution in [1.82, 2.24) is 0 Å². The number of benzene rings is 1. The smallest absolute Gasteiger partial charge is 0.319 e. The van der Waals surface area contributed by atoms with Crippen molar-refractivity contribution in [3.8, 4) is 12.3 Å². The van der Waals surface area contributed by atoms with Crippen LogP contribution >= 0.6 is 0 Å². The summed E-state index contributed by atoms with van der Waals surface area (Å²) in [6, 6.07) is 7.98. The molecule has 0 bridgehead atoms. The highest BCUT2D eigenvalue weighted by Gasteiger charge is 2.18. The van der Waals surface area contributed by atoms with E-state index < -0.39 is 11.9 Å². The second-order valence-electron chi connectivity index (χ2n) is 4.59. The van der Waals surface area contributed by atoms with E-state index in [1.54, 1.807) is 0 Å². The number of aliphatic carboxylic acids is 1. The lowest BCUT2D eigenvalue weighted by molar-refractivity contribution is -0.139. The molecule has 0 aromatic heterocycles. The first kappa shape index (κ1) is 15.8. The van der Waals surface area contributed by atoms with Crippen molar-refractivity contribution in [1.29, 1.82) is 0 Å². The highest BCUT2D eigenvalue weighted by atomic mass is 16.4. The minimum Gasteiger partial charge on any atom is -0.480 e. The fraction of sp³-hybridized carbons (Fsp3) is 0.278. The van der Waals surface area contributed by atoms with Gasteiger partial charge >= 0.3 is 5.97 Å². The Morgan fingerprint density at radius 2 is 1.90 bits per heavy atom. The van der Waals surface area contributed by atoms with Crippen LogP contribution in [0.15, 0.2) is 36.4 Å². The largest absolute Gasteiger partial charge is 0.480 e. The molecule has 1 N–H and O–H groups in total. The van der Waals surface area contributed by atoms with E-state index in [0.29, 0.717) is 6.42 Å². The molecule has 1 aromatic rings. The molecule has 0 heterocycles. The minimum absolute atomic E-state index is 0.344. The molecule has 0 amide bonds. The normalized spacial score (nSPS) is 13.7. The molecule has 2 nitrogen and oxygen atoms in total. The highest BCUT2D eigenvalue weighted by molar-refractivity contribution is 5.82. The molecule has 0 radical (unpaired) electrons. The zero-order valence-corrected chi connectivity index (χ0v) is 12.2. The Balaban J connectivity index is 3.22. The van der Waals surface area contributed by atoms with Gasteiger partial charge in [0.2, 0.25) is 0 Å². The van der Waals surface area contributed by atoms with E-state index in [4.69, 9.17) is 11.5 Å². The van der Waals surface area contributed by atoms with Crippen LogP contribution in [0.2, 0.25) is 0 Å². The van der Waals surface area contributed by atoms with Crippen LogP contribution < -0.4 is 0 Å². The quantitative estimate of drug-likeness (QED) is 0.811. The Morgan fingerprint density at radius 1 is 1.30 bits per heavy atom. The predicted molar refractivity (Wildman–Crippen MR) is 84.0 cm³/mol.